The lowest BCUT2D eigenvalue weighted by atomic mass is 9.89. The van der Waals surface area contributed by atoms with Gasteiger partial charge in [0.05, 0.1) is 19.8 Å². The Hall–Kier alpha value is -2.50. The van der Waals surface area contributed by atoms with Gasteiger partial charge in [0.1, 0.15) is 11.3 Å². The number of benzene rings is 2. The molecule has 1 aliphatic heterocycles. The molecule has 148 valence electrons. The summed E-state index contributed by atoms with van der Waals surface area (Å²) in [5.74, 6) is 1.45. The van der Waals surface area contributed by atoms with E-state index in [0.717, 1.165) is 22.3 Å². The van der Waals surface area contributed by atoms with Gasteiger partial charge in [-0.2, -0.15) is 0 Å². The molecule has 0 saturated carbocycles. The Labute approximate surface area is 170 Å². The highest BCUT2D eigenvalue weighted by atomic mass is 35.5. The molecule has 1 saturated heterocycles. The van der Waals surface area contributed by atoms with Gasteiger partial charge in [0, 0.05) is 36.0 Å². The zero-order valence-electron chi connectivity index (χ0n) is 15.8. The Morgan fingerprint density at radius 1 is 1.21 bits per heavy atom. The Bertz CT molecular complexity index is 941. The van der Waals surface area contributed by atoms with E-state index in [1.54, 1.807) is 13.4 Å². The second kappa shape index (κ2) is 8.67. The lowest BCUT2D eigenvalue weighted by Crippen LogP contribution is -2.31. The van der Waals surface area contributed by atoms with Crippen molar-refractivity contribution >= 4 is 29.3 Å². The zero-order chi connectivity index (χ0) is 18.8. The van der Waals surface area contributed by atoms with Crippen molar-refractivity contribution in [2.24, 2.45) is 11.7 Å². The number of ether oxygens (including phenoxy) is 1. The maximum atomic E-state index is 12.9. The van der Waals surface area contributed by atoms with E-state index in [4.69, 9.17) is 14.9 Å². The van der Waals surface area contributed by atoms with E-state index in [1.807, 2.05) is 41.3 Å². The lowest BCUT2D eigenvalue weighted by molar-refractivity contribution is -0.129. The molecule has 2 heterocycles. The van der Waals surface area contributed by atoms with Crippen molar-refractivity contribution < 1.29 is 13.9 Å². The summed E-state index contributed by atoms with van der Waals surface area (Å²) in [6, 6.07) is 16.0. The quantitative estimate of drug-likeness (QED) is 0.710. The Kier molecular flexibility index (Phi) is 6.27. The fourth-order valence-electron chi connectivity index (χ4n) is 3.99. The van der Waals surface area contributed by atoms with Crippen molar-refractivity contribution in [2.75, 3.05) is 26.7 Å². The number of rotatable bonds is 5. The van der Waals surface area contributed by atoms with Crippen LogP contribution in [0.2, 0.25) is 0 Å². The molecule has 0 bridgehead atoms. The molecular weight excluding hydrogens is 376 g/mol. The van der Waals surface area contributed by atoms with Crippen molar-refractivity contribution in [3.63, 3.8) is 0 Å². The maximum absolute atomic E-state index is 12.9. The van der Waals surface area contributed by atoms with Gasteiger partial charge in [-0.25, -0.2) is 0 Å². The first-order valence-corrected chi connectivity index (χ1v) is 9.26. The highest BCUT2D eigenvalue weighted by Gasteiger charge is 2.35. The van der Waals surface area contributed by atoms with Crippen LogP contribution in [0.5, 0.6) is 5.75 Å². The van der Waals surface area contributed by atoms with Crippen LogP contribution < -0.4 is 10.5 Å². The van der Waals surface area contributed by atoms with Gasteiger partial charge < -0.3 is 19.8 Å². The number of likely N-dealkylation sites (tertiary alicyclic amines) is 1. The van der Waals surface area contributed by atoms with Gasteiger partial charge >= 0.3 is 0 Å². The number of nitrogens with zero attached hydrogens (tertiary/aromatic N) is 1. The van der Waals surface area contributed by atoms with Gasteiger partial charge in [0.2, 0.25) is 5.91 Å². The minimum Gasteiger partial charge on any atom is -0.497 e. The van der Waals surface area contributed by atoms with Crippen LogP contribution in [0, 0.1) is 5.92 Å². The number of furan rings is 1. The zero-order valence-corrected chi connectivity index (χ0v) is 16.7. The minimum atomic E-state index is 0. The van der Waals surface area contributed by atoms with Gasteiger partial charge in [0.15, 0.2) is 0 Å². The molecule has 1 fully saturated rings. The highest BCUT2D eigenvalue weighted by molar-refractivity contribution is 5.88. The van der Waals surface area contributed by atoms with E-state index >= 15 is 0 Å². The standard InChI is InChI=1S/C22H24N2O3.ClH/c1-26-18-7-8-19-16(14-27-21(19)10-18)9-22(25)24-12-17(11-23)20(13-24)15-5-3-2-4-6-15;/h2-8,10,14,17,20H,9,11-13,23H2,1H3;1H/t17-,20+;/m1./s1. The molecule has 5 nitrogen and oxygen atoms in total. The third kappa shape index (κ3) is 3.86. The number of carbonyl (C=O) groups excluding carboxylic acids is 1. The Morgan fingerprint density at radius 3 is 2.71 bits per heavy atom. The predicted octanol–water partition coefficient (Wildman–Crippen LogP) is 3.61. The fourth-order valence-corrected chi connectivity index (χ4v) is 3.99. The van der Waals surface area contributed by atoms with Crippen LogP contribution in [-0.4, -0.2) is 37.6 Å². The first kappa shape index (κ1) is 20.2. The van der Waals surface area contributed by atoms with Crippen molar-refractivity contribution in [3.05, 3.63) is 65.9 Å². The van der Waals surface area contributed by atoms with E-state index in [9.17, 15) is 4.79 Å². The summed E-state index contributed by atoms with van der Waals surface area (Å²) in [6.45, 7) is 2.00. The second-order valence-electron chi connectivity index (χ2n) is 7.11. The molecule has 2 aromatic carbocycles. The number of hydrogen-bond acceptors (Lipinski definition) is 4. The largest absolute Gasteiger partial charge is 0.497 e. The summed E-state index contributed by atoms with van der Waals surface area (Å²) in [5, 5.41) is 0.957. The van der Waals surface area contributed by atoms with Gasteiger partial charge in [-0.3, -0.25) is 4.79 Å². The molecule has 2 N–H and O–H groups in total. The number of hydrogen-bond donors (Lipinski definition) is 1. The average Bonchev–Trinajstić information content (AvgIpc) is 3.32. The summed E-state index contributed by atoms with van der Waals surface area (Å²) >= 11 is 0. The van der Waals surface area contributed by atoms with E-state index in [0.29, 0.717) is 37.9 Å². The molecule has 0 unspecified atom stereocenters. The van der Waals surface area contributed by atoms with Crippen LogP contribution in [-0.2, 0) is 11.2 Å². The molecule has 1 aliphatic rings. The topological polar surface area (TPSA) is 68.7 Å². The van der Waals surface area contributed by atoms with Crippen molar-refractivity contribution in [2.45, 2.75) is 12.3 Å². The van der Waals surface area contributed by atoms with E-state index in [1.165, 1.54) is 5.56 Å². The third-order valence-electron chi connectivity index (χ3n) is 5.53. The van der Waals surface area contributed by atoms with Crippen LogP contribution in [0.25, 0.3) is 11.0 Å². The van der Waals surface area contributed by atoms with Crippen molar-refractivity contribution in [1.29, 1.82) is 0 Å². The molecule has 6 heteroatoms. The second-order valence-corrected chi connectivity index (χ2v) is 7.11. The van der Waals surface area contributed by atoms with Crippen molar-refractivity contribution in [3.8, 4) is 5.75 Å². The number of halogens is 1. The number of carbonyl (C=O) groups is 1. The van der Waals surface area contributed by atoms with E-state index in [2.05, 4.69) is 12.1 Å². The molecule has 1 aromatic heterocycles. The first-order valence-electron chi connectivity index (χ1n) is 9.26. The molecule has 4 rings (SSSR count). The molecule has 28 heavy (non-hydrogen) atoms. The first-order chi connectivity index (χ1) is 13.2. The van der Waals surface area contributed by atoms with Crippen LogP contribution >= 0.6 is 12.4 Å². The Balaban J connectivity index is 0.00000225. The molecule has 0 spiro atoms. The SMILES string of the molecule is COc1ccc2c(CC(=O)N3C[C@@H](CN)[C@H](c4ccccc4)C3)coc2c1.Cl. The summed E-state index contributed by atoms with van der Waals surface area (Å²) in [4.78, 5) is 14.9. The number of methoxy groups -OCH3 is 1. The minimum absolute atomic E-state index is 0. The van der Waals surface area contributed by atoms with Gasteiger partial charge in [-0.05, 0) is 30.2 Å². The van der Waals surface area contributed by atoms with Crippen LogP contribution in [0.15, 0.2) is 59.2 Å². The summed E-state index contributed by atoms with van der Waals surface area (Å²) in [5.41, 5.74) is 8.89. The summed E-state index contributed by atoms with van der Waals surface area (Å²) < 4.78 is 10.8. The Morgan fingerprint density at radius 2 is 2.00 bits per heavy atom. The predicted molar refractivity (Wildman–Crippen MR) is 112 cm³/mol. The van der Waals surface area contributed by atoms with E-state index in [-0.39, 0.29) is 18.3 Å². The smallest absolute Gasteiger partial charge is 0.227 e. The molecule has 0 aliphatic carbocycles. The molecule has 0 radical (unpaired) electrons. The van der Waals surface area contributed by atoms with Gasteiger partial charge in [-0.1, -0.05) is 30.3 Å². The van der Waals surface area contributed by atoms with Crippen molar-refractivity contribution in [1.82, 2.24) is 4.90 Å². The van der Waals surface area contributed by atoms with Crippen LogP contribution in [0.4, 0.5) is 0 Å². The van der Waals surface area contributed by atoms with Crippen LogP contribution in [0.3, 0.4) is 0 Å². The van der Waals surface area contributed by atoms with Crippen LogP contribution in [0.1, 0.15) is 17.0 Å². The van der Waals surface area contributed by atoms with Gasteiger partial charge in [0.25, 0.3) is 0 Å². The maximum Gasteiger partial charge on any atom is 0.227 e. The fraction of sp³-hybridized carbons (Fsp3) is 0.318. The van der Waals surface area contributed by atoms with E-state index < -0.39 is 0 Å². The monoisotopic (exact) mass is 400 g/mol. The molecular formula is C22H25ClN2O3. The third-order valence-corrected chi connectivity index (χ3v) is 5.53. The summed E-state index contributed by atoms with van der Waals surface area (Å²) in [7, 11) is 1.62. The average molecular weight is 401 g/mol. The van der Waals surface area contributed by atoms with Gasteiger partial charge in [-0.15, -0.1) is 12.4 Å². The molecule has 1 amide bonds. The number of amides is 1. The highest BCUT2D eigenvalue weighted by Crippen LogP contribution is 2.33. The molecule has 3 aromatic rings. The number of fused-ring (bicyclic) bond motifs is 1. The molecule has 2 atom stereocenters. The summed E-state index contributed by atoms with van der Waals surface area (Å²) in [6.07, 6.45) is 2.01. The lowest BCUT2D eigenvalue weighted by Gasteiger charge is -2.16. The number of nitrogens with two attached hydrogens (primary N) is 1. The normalized spacial score (nSPS) is 18.9.